The van der Waals surface area contributed by atoms with Crippen molar-refractivity contribution in [2.75, 3.05) is 7.11 Å². The summed E-state index contributed by atoms with van der Waals surface area (Å²) in [6.45, 7) is 0. The van der Waals surface area contributed by atoms with Gasteiger partial charge in [0, 0.05) is 16.2 Å². The van der Waals surface area contributed by atoms with E-state index in [4.69, 9.17) is 20.7 Å². The van der Waals surface area contributed by atoms with Crippen LogP contribution in [0, 0.1) is 11.3 Å². The van der Waals surface area contributed by atoms with Gasteiger partial charge in [0.1, 0.15) is 5.75 Å². The van der Waals surface area contributed by atoms with Crippen LogP contribution in [-0.4, -0.2) is 15.5 Å². The maximum Gasteiger partial charge on any atom is 0.261 e. The Labute approximate surface area is 92.5 Å². The molecule has 0 N–H and O–H groups in total. The first-order chi connectivity index (χ1) is 6.99. The molecule has 15 heavy (non-hydrogen) atoms. The van der Waals surface area contributed by atoms with Crippen molar-refractivity contribution in [2.24, 2.45) is 0 Å². The summed E-state index contributed by atoms with van der Waals surface area (Å²) < 4.78 is 27.0. The third-order valence-electron chi connectivity index (χ3n) is 1.80. The van der Waals surface area contributed by atoms with Gasteiger partial charge in [-0.2, -0.15) is 5.26 Å². The molecule has 4 nitrogen and oxygen atoms in total. The van der Waals surface area contributed by atoms with Gasteiger partial charge < -0.3 is 4.74 Å². The molecule has 0 aliphatic rings. The van der Waals surface area contributed by atoms with Crippen molar-refractivity contribution in [3.63, 3.8) is 0 Å². The number of hydrogen-bond acceptors (Lipinski definition) is 4. The zero-order valence-corrected chi connectivity index (χ0v) is 9.47. The molecule has 0 aromatic heterocycles. The fourth-order valence-corrected chi connectivity index (χ4v) is 1.93. The van der Waals surface area contributed by atoms with E-state index in [2.05, 4.69) is 0 Å². The van der Waals surface area contributed by atoms with Crippen molar-refractivity contribution >= 4 is 19.7 Å². The van der Waals surface area contributed by atoms with Gasteiger partial charge in [0.15, 0.2) is 0 Å². The molecule has 1 aromatic rings. The van der Waals surface area contributed by atoms with Crippen LogP contribution in [0.5, 0.6) is 5.75 Å². The summed E-state index contributed by atoms with van der Waals surface area (Å²) in [5.41, 5.74) is 0.502. The molecule has 0 fully saturated rings. The van der Waals surface area contributed by atoms with E-state index in [0.29, 0.717) is 11.3 Å². The lowest BCUT2D eigenvalue weighted by Gasteiger charge is -2.06. The van der Waals surface area contributed by atoms with Gasteiger partial charge in [-0.15, -0.1) is 0 Å². The van der Waals surface area contributed by atoms with E-state index in [1.54, 1.807) is 0 Å². The molecule has 0 saturated carbocycles. The molecule has 0 aliphatic carbocycles. The number of rotatable bonds is 3. The number of benzene rings is 1. The van der Waals surface area contributed by atoms with Crippen LogP contribution < -0.4 is 4.74 Å². The van der Waals surface area contributed by atoms with Crippen LogP contribution in [0.4, 0.5) is 0 Å². The molecule has 0 saturated heterocycles. The standard InChI is InChI=1S/C9H8ClNO3S/c1-14-9-3-2-8(15(10,12)13)6-7(9)4-5-11/h2-3,6H,4H2,1H3. The second-order valence-electron chi connectivity index (χ2n) is 2.75. The number of ether oxygens (including phenoxy) is 1. The van der Waals surface area contributed by atoms with Gasteiger partial charge in [-0.3, -0.25) is 0 Å². The van der Waals surface area contributed by atoms with E-state index < -0.39 is 9.05 Å². The van der Waals surface area contributed by atoms with Crippen LogP contribution in [0.15, 0.2) is 23.1 Å². The lowest BCUT2D eigenvalue weighted by molar-refractivity contribution is 0.410. The third-order valence-corrected chi connectivity index (χ3v) is 3.15. The Balaban J connectivity index is 3.29. The Morgan fingerprint density at radius 1 is 1.53 bits per heavy atom. The molecular formula is C9H8ClNO3S. The van der Waals surface area contributed by atoms with Crippen molar-refractivity contribution in [1.29, 1.82) is 5.26 Å². The zero-order chi connectivity index (χ0) is 11.5. The summed E-state index contributed by atoms with van der Waals surface area (Å²) in [6.07, 6.45) is 0.0728. The highest BCUT2D eigenvalue weighted by Crippen LogP contribution is 2.24. The summed E-state index contributed by atoms with van der Waals surface area (Å²) >= 11 is 0. The quantitative estimate of drug-likeness (QED) is 0.760. The predicted octanol–water partition coefficient (Wildman–Crippen LogP) is 1.69. The van der Waals surface area contributed by atoms with Gasteiger partial charge >= 0.3 is 0 Å². The summed E-state index contributed by atoms with van der Waals surface area (Å²) in [5, 5.41) is 8.55. The topological polar surface area (TPSA) is 67.2 Å². The normalized spacial score (nSPS) is 10.7. The highest BCUT2D eigenvalue weighted by atomic mass is 35.7. The first kappa shape index (κ1) is 11.8. The van der Waals surface area contributed by atoms with Crippen LogP contribution in [-0.2, 0) is 15.5 Å². The van der Waals surface area contributed by atoms with Crippen molar-refractivity contribution in [3.8, 4) is 11.8 Å². The van der Waals surface area contributed by atoms with Crippen molar-refractivity contribution in [1.82, 2.24) is 0 Å². The van der Waals surface area contributed by atoms with Gasteiger partial charge in [-0.05, 0) is 18.2 Å². The molecule has 0 heterocycles. The Morgan fingerprint density at radius 2 is 2.20 bits per heavy atom. The molecule has 0 unspecified atom stereocenters. The van der Waals surface area contributed by atoms with Crippen molar-refractivity contribution < 1.29 is 13.2 Å². The highest BCUT2D eigenvalue weighted by molar-refractivity contribution is 8.13. The molecule has 0 radical (unpaired) electrons. The minimum Gasteiger partial charge on any atom is -0.496 e. The minimum absolute atomic E-state index is 0.0322. The van der Waals surface area contributed by atoms with Crippen LogP contribution in [0.2, 0.25) is 0 Å². The summed E-state index contributed by atoms with van der Waals surface area (Å²) in [5.74, 6) is 0.473. The summed E-state index contributed by atoms with van der Waals surface area (Å²) in [6, 6.07) is 6.07. The number of nitrogens with zero attached hydrogens (tertiary/aromatic N) is 1. The van der Waals surface area contributed by atoms with Gasteiger partial charge in [-0.1, -0.05) is 0 Å². The Bertz CT molecular complexity index is 505. The van der Waals surface area contributed by atoms with E-state index in [0.717, 1.165) is 0 Å². The first-order valence-corrected chi connectivity index (χ1v) is 6.28. The van der Waals surface area contributed by atoms with Crippen LogP contribution >= 0.6 is 10.7 Å². The lowest BCUT2D eigenvalue weighted by atomic mass is 10.1. The fourth-order valence-electron chi connectivity index (χ4n) is 1.13. The fraction of sp³-hybridized carbons (Fsp3) is 0.222. The Kier molecular flexibility index (Phi) is 3.56. The molecule has 0 aliphatic heterocycles. The molecule has 6 heteroatoms. The SMILES string of the molecule is COc1ccc(S(=O)(=O)Cl)cc1CC#N. The molecule has 80 valence electrons. The van der Waals surface area contributed by atoms with Crippen molar-refractivity contribution in [2.45, 2.75) is 11.3 Å². The molecule has 1 aromatic carbocycles. The molecule has 0 spiro atoms. The molecule has 0 atom stereocenters. The van der Waals surface area contributed by atoms with E-state index in [1.165, 1.54) is 25.3 Å². The monoisotopic (exact) mass is 245 g/mol. The van der Waals surface area contributed by atoms with E-state index in [9.17, 15) is 8.42 Å². The van der Waals surface area contributed by atoms with E-state index >= 15 is 0 Å². The molecule has 0 bridgehead atoms. The van der Waals surface area contributed by atoms with E-state index in [1.807, 2.05) is 6.07 Å². The predicted molar refractivity (Wildman–Crippen MR) is 55.3 cm³/mol. The van der Waals surface area contributed by atoms with Gasteiger partial charge in [0.05, 0.1) is 24.5 Å². The highest BCUT2D eigenvalue weighted by Gasteiger charge is 2.13. The number of hydrogen-bond donors (Lipinski definition) is 0. The smallest absolute Gasteiger partial charge is 0.261 e. The van der Waals surface area contributed by atoms with Crippen molar-refractivity contribution in [3.05, 3.63) is 23.8 Å². The van der Waals surface area contributed by atoms with Crippen LogP contribution in [0.3, 0.4) is 0 Å². The molecular weight excluding hydrogens is 238 g/mol. The largest absolute Gasteiger partial charge is 0.496 e. The zero-order valence-electron chi connectivity index (χ0n) is 7.90. The first-order valence-electron chi connectivity index (χ1n) is 3.97. The lowest BCUT2D eigenvalue weighted by Crippen LogP contribution is -1.96. The number of nitriles is 1. The molecule has 0 amide bonds. The van der Waals surface area contributed by atoms with Gasteiger partial charge in [0.2, 0.25) is 0 Å². The average molecular weight is 246 g/mol. The van der Waals surface area contributed by atoms with Crippen LogP contribution in [0.25, 0.3) is 0 Å². The maximum absolute atomic E-state index is 11.0. The second-order valence-corrected chi connectivity index (χ2v) is 5.31. The third kappa shape index (κ3) is 2.85. The van der Waals surface area contributed by atoms with E-state index in [-0.39, 0.29) is 11.3 Å². The molecule has 1 rings (SSSR count). The second kappa shape index (κ2) is 4.51. The summed E-state index contributed by atoms with van der Waals surface area (Å²) in [4.78, 5) is -0.0322. The van der Waals surface area contributed by atoms with Gasteiger partial charge in [0.25, 0.3) is 9.05 Å². The van der Waals surface area contributed by atoms with Gasteiger partial charge in [-0.25, -0.2) is 8.42 Å². The minimum atomic E-state index is -3.76. The Morgan fingerprint density at radius 3 is 2.67 bits per heavy atom. The van der Waals surface area contributed by atoms with Crippen LogP contribution in [0.1, 0.15) is 5.56 Å². The maximum atomic E-state index is 11.0. The average Bonchev–Trinajstić information content (AvgIpc) is 2.17. The summed E-state index contributed by atoms with van der Waals surface area (Å²) in [7, 11) is 2.86. The number of methoxy groups -OCH3 is 1. The Hall–Kier alpha value is -1.25. The number of halogens is 1.